The van der Waals surface area contributed by atoms with Crippen LogP contribution in [0.2, 0.25) is 5.02 Å². The van der Waals surface area contributed by atoms with E-state index in [1.807, 2.05) is 42.6 Å². The van der Waals surface area contributed by atoms with Crippen LogP contribution in [0.3, 0.4) is 0 Å². The highest BCUT2D eigenvalue weighted by Gasteiger charge is 2.25. The van der Waals surface area contributed by atoms with E-state index in [4.69, 9.17) is 30.5 Å². The molecule has 182 valence electrons. The molecule has 3 aromatic carbocycles. The summed E-state index contributed by atoms with van der Waals surface area (Å²) in [7, 11) is 3.21. The number of furan rings is 1. The summed E-state index contributed by atoms with van der Waals surface area (Å²) in [5.74, 6) is 1.36. The Balaban J connectivity index is 1.48. The Hall–Kier alpha value is -4.62. The standard InChI is InChI=1S/C29H20ClN3O4/c1-35-20-8-3-17(4-9-20)24-16-26-31-23(13-14-33(26)32-24)27-22-15-19(30)7-12-25(22)37-29(27)28(34)18-5-10-21(36-2)11-6-18/h3-16H,1-2H3. The molecule has 8 heteroatoms. The smallest absolute Gasteiger partial charge is 0.228 e. The van der Waals surface area contributed by atoms with Crippen molar-refractivity contribution in [3.05, 3.63) is 101 Å². The molecular formula is C29H20ClN3O4. The molecule has 6 aromatic rings. The van der Waals surface area contributed by atoms with Crippen LogP contribution in [0.25, 0.3) is 39.1 Å². The van der Waals surface area contributed by atoms with Gasteiger partial charge in [0.05, 0.1) is 31.2 Å². The minimum Gasteiger partial charge on any atom is -0.497 e. The fraction of sp³-hybridized carbons (Fsp3) is 0.0690. The maximum absolute atomic E-state index is 13.6. The zero-order valence-electron chi connectivity index (χ0n) is 19.9. The van der Waals surface area contributed by atoms with E-state index in [-0.39, 0.29) is 11.5 Å². The number of halogens is 1. The molecule has 0 aliphatic carbocycles. The van der Waals surface area contributed by atoms with Gasteiger partial charge in [0.2, 0.25) is 5.78 Å². The molecule has 3 aromatic heterocycles. The summed E-state index contributed by atoms with van der Waals surface area (Å²) in [5, 5.41) is 5.89. The van der Waals surface area contributed by atoms with Crippen molar-refractivity contribution in [1.29, 1.82) is 0 Å². The lowest BCUT2D eigenvalue weighted by molar-refractivity contribution is 0.101. The monoisotopic (exact) mass is 509 g/mol. The second-order valence-corrected chi connectivity index (χ2v) is 8.81. The third kappa shape index (κ3) is 4.09. The minimum absolute atomic E-state index is 0.189. The van der Waals surface area contributed by atoms with Crippen molar-refractivity contribution >= 4 is 34.0 Å². The van der Waals surface area contributed by atoms with Crippen molar-refractivity contribution in [1.82, 2.24) is 14.6 Å². The van der Waals surface area contributed by atoms with E-state index < -0.39 is 0 Å². The average Bonchev–Trinajstić information content (AvgIpc) is 3.53. The normalized spacial score (nSPS) is 11.2. The van der Waals surface area contributed by atoms with Crippen molar-refractivity contribution in [2.24, 2.45) is 0 Å². The predicted octanol–water partition coefficient (Wildman–Crippen LogP) is 6.71. The summed E-state index contributed by atoms with van der Waals surface area (Å²) in [4.78, 5) is 18.4. The van der Waals surface area contributed by atoms with Crippen LogP contribution < -0.4 is 9.47 Å². The number of carbonyl (C=O) groups is 1. The van der Waals surface area contributed by atoms with Crippen molar-refractivity contribution in [2.75, 3.05) is 14.2 Å². The van der Waals surface area contributed by atoms with Crippen LogP contribution in [0.1, 0.15) is 16.1 Å². The van der Waals surface area contributed by atoms with Crippen molar-refractivity contribution in [3.8, 4) is 34.0 Å². The quantitative estimate of drug-likeness (QED) is 0.232. The van der Waals surface area contributed by atoms with Gasteiger partial charge in [-0.3, -0.25) is 4.79 Å². The number of rotatable bonds is 6. The van der Waals surface area contributed by atoms with E-state index in [1.165, 1.54) is 0 Å². The fourth-order valence-corrected chi connectivity index (χ4v) is 4.45. The van der Waals surface area contributed by atoms with Gasteiger partial charge >= 0.3 is 0 Å². The van der Waals surface area contributed by atoms with Gasteiger partial charge in [-0.2, -0.15) is 5.10 Å². The second-order valence-electron chi connectivity index (χ2n) is 8.38. The molecule has 3 heterocycles. The SMILES string of the molecule is COc1ccc(C(=O)c2oc3ccc(Cl)cc3c2-c2ccn3nc(-c4ccc(OC)cc4)cc3n2)cc1. The summed E-state index contributed by atoms with van der Waals surface area (Å²) in [6.07, 6.45) is 1.82. The molecule has 0 atom stereocenters. The topological polar surface area (TPSA) is 78.9 Å². The van der Waals surface area contributed by atoms with Gasteiger partial charge in [-0.1, -0.05) is 11.6 Å². The number of hydrogen-bond acceptors (Lipinski definition) is 6. The Morgan fingerprint density at radius 3 is 2.27 bits per heavy atom. The van der Waals surface area contributed by atoms with Crippen molar-refractivity contribution in [2.45, 2.75) is 0 Å². The molecule has 0 radical (unpaired) electrons. The lowest BCUT2D eigenvalue weighted by Gasteiger charge is -2.05. The van der Waals surface area contributed by atoms with Gasteiger partial charge in [0.1, 0.15) is 17.1 Å². The molecule has 0 saturated carbocycles. The lowest BCUT2D eigenvalue weighted by Crippen LogP contribution is -2.02. The molecule has 0 unspecified atom stereocenters. The maximum Gasteiger partial charge on any atom is 0.228 e. The van der Waals surface area contributed by atoms with Gasteiger partial charge in [0.15, 0.2) is 11.4 Å². The largest absolute Gasteiger partial charge is 0.497 e. The number of carbonyl (C=O) groups excluding carboxylic acids is 1. The van der Waals surface area contributed by atoms with Crippen LogP contribution in [0.5, 0.6) is 11.5 Å². The van der Waals surface area contributed by atoms with Crippen LogP contribution in [0, 0.1) is 0 Å². The number of benzene rings is 3. The van der Waals surface area contributed by atoms with Gasteiger partial charge in [-0.05, 0) is 72.8 Å². The summed E-state index contributed by atoms with van der Waals surface area (Å²) >= 11 is 6.32. The number of ketones is 1. The molecule has 0 aliphatic heterocycles. The molecule has 0 bridgehead atoms. The third-order valence-corrected chi connectivity index (χ3v) is 6.41. The first-order valence-electron chi connectivity index (χ1n) is 11.5. The zero-order valence-corrected chi connectivity index (χ0v) is 20.7. The van der Waals surface area contributed by atoms with E-state index in [0.717, 1.165) is 17.0 Å². The van der Waals surface area contributed by atoms with Gasteiger partial charge in [0.25, 0.3) is 0 Å². The van der Waals surface area contributed by atoms with E-state index in [9.17, 15) is 4.79 Å². The molecule has 0 aliphatic rings. The van der Waals surface area contributed by atoms with Crippen LogP contribution in [0.4, 0.5) is 0 Å². The Labute approximate surface area is 216 Å². The van der Waals surface area contributed by atoms with Gasteiger partial charge in [-0.15, -0.1) is 0 Å². The average molecular weight is 510 g/mol. The van der Waals surface area contributed by atoms with Crippen molar-refractivity contribution < 1.29 is 18.7 Å². The van der Waals surface area contributed by atoms with Gasteiger partial charge in [-0.25, -0.2) is 9.50 Å². The van der Waals surface area contributed by atoms with Crippen LogP contribution in [-0.2, 0) is 0 Å². The first-order chi connectivity index (χ1) is 18.0. The van der Waals surface area contributed by atoms with Gasteiger partial charge < -0.3 is 13.9 Å². The molecular weight excluding hydrogens is 490 g/mol. The molecule has 0 N–H and O–H groups in total. The number of hydrogen-bond donors (Lipinski definition) is 0. The van der Waals surface area contributed by atoms with E-state index in [1.54, 1.807) is 61.2 Å². The summed E-state index contributed by atoms with van der Waals surface area (Å²) in [6, 6.07) is 23.5. The van der Waals surface area contributed by atoms with Crippen LogP contribution in [-0.4, -0.2) is 34.6 Å². The molecule has 0 fully saturated rings. The number of ether oxygens (including phenoxy) is 2. The predicted molar refractivity (Wildman–Crippen MR) is 142 cm³/mol. The second kappa shape index (κ2) is 9.11. The highest BCUT2D eigenvalue weighted by atomic mass is 35.5. The first-order valence-corrected chi connectivity index (χ1v) is 11.8. The fourth-order valence-electron chi connectivity index (χ4n) is 4.28. The number of fused-ring (bicyclic) bond motifs is 2. The van der Waals surface area contributed by atoms with Crippen molar-refractivity contribution in [3.63, 3.8) is 0 Å². The summed E-state index contributed by atoms with van der Waals surface area (Å²) in [5.41, 5.74) is 4.50. The summed E-state index contributed by atoms with van der Waals surface area (Å²) < 4.78 is 18.2. The maximum atomic E-state index is 13.6. The Morgan fingerprint density at radius 1 is 0.865 bits per heavy atom. The molecule has 0 amide bonds. The van der Waals surface area contributed by atoms with E-state index in [0.29, 0.717) is 44.2 Å². The van der Waals surface area contributed by atoms with Crippen LogP contribution >= 0.6 is 11.6 Å². The Morgan fingerprint density at radius 2 is 1.57 bits per heavy atom. The number of nitrogens with zero attached hydrogens (tertiary/aromatic N) is 3. The number of methoxy groups -OCH3 is 2. The minimum atomic E-state index is -0.265. The summed E-state index contributed by atoms with van der Waals surface area (Å²) in [6.45, 7) is 0. The molecule has 6 rings (SSSR count). The van der Waals surface area contributed by atoms with Gasteiger partial charge in [0, 0.05) is 33.8 Å². The Kier molecular flexibility index (Phi) is 5.62. The van der Waals surface area contributed by atoms with Crippen LogP contribution in [0.15, 0.2) is 89.5 Å². The third-order valence-electron chi connectivity index (χ3n) is 6.18. The van der Waals surface area contributed by atoms with E-state index in [2.05, 4.69) is 5.10 Å². The first kappa shape index (κ1) is 22.8. The highest BCUT2D eigenvalue weighted by Crippen LogP contribution is 2.37. The molecule has 0 saturated heterocycles. The molecule has 0 spiro atoms. The Bertz CT molecular complexity index is 1770. The molecule has 7 nitrogen and oxygen atoms in total. The number of aromatic nitrogens is 3. The molecule has 37 heavy (non-hydrogen) atoms. The lowest BCUT2D eigenvalue weighted by atomic mass is 10.0. The highest BCUT2D eigenvalue weighted by molar-refractivity contribution is 6.31. The zero-order chi connectivity index (χ0) is 25.5. The van der Waals surface area contributed by atoms with E-state index >= 15 is 0 Å².